The van der Waals surface area contributed by atoms with Crippen LogP contribution in [0.3, 0.4) is 0 Å². The fourth-order valence-corrected chi connectivity index (χ4v) is 3.95. The number of amides is 1. The van der Waals surface area contributed by atoms with Gasteiger partial charge in [0.15, 0.2) is 0 Å². The van der Waals surface area contributed by atoms with Crippen LogP contribution in [0.2, 0.25) is 0 Å². The van der Waals surface area contributed by atoms with Crippen LogP contribution in [0.4, 0.5) is 0 Å². The monoisotopic (exact) mass is 302 g/mol. The first kappa shape index (κ1) is 16.1. The van der Waals surface area contributed by atoms with Crippen LogP contribution in [0.5, 0.6) is 0 Å². The summed E-state index contributed by atoms with van der Waals surface area (Å²) in [5.74, 6) is 0.255. The standard InChI is InChI=1S/C15H26N2O2.ClH/c18-14(13-12-19-11-8-16-13)17-9-6-15(7-10-17)4-2-1-3-5-15;/h13,16H,1-12H2;1H. The van der Waals surface area contributed by atoms with Crippen molar-refractivity contribution in [3.63, 3.8) is 0 Å². The van der Waals surface area contributed by atoms with E-state index in [9.17, 15) is 4.79 Å². The van der Waals surface area contributed by atoms with E-state index >= 15 is 0 Å². The number of ether oxygens (including phenoxy) is 1. The first-order chi connectivity index (χ1) is 9.29. The first-order valence-corrected chi connectivity index (χ1v) is 7.89. The summed E-state index contributed by atoms with van der Waals surface area (Å²) in [5.41, 5.74) is 0.575. The first-order valence-electron chi connectivity index (χ1n) is 7.89. The van der Waals surface area contributed by atoms with Gasteiger partial charge in [-0.1, -0.05) is 19.3 Å². The Morgan fingerprint density at radius 1 is 1.10 bits per heavy atom. The number of carbonyl (C=O) groups is 1. The van der Waals surface area contributed by atoms with E-state index in [1.807, 2.05) is 0 Å². The molecule has 1 amide bonds. The molecule has 116 valence electrons. The average molecular weight is 303 g/mol. The van der Waals surface area contributed by atoms with E-state index < -0.39 is 0 Å². The zero-order chi connectivity index (χ0) is 13.1. The summed E-state index contributed by atoms with van der Waals surface area (Å²) in [5, 5.41) is 3.27. The van der Waals surface area contributed by atoms with Gasteiger partial charge in [0.1, 0.15) is 6.04 Å². The van der Waals surface area contributed by atoms with E-state index in [0.29, 0.717) is 12.0 Å². The SMILES string of the molecule is Cl.O=C(C1COCCN1)N1CCC2(CCCCC2)CC1. The van der Waals surface area contributed by atoms with Crippen molar-refractivity contribution >= 4 is 18.3 Å². The summed E-state index contributed by atoms with van der Waals surface area (Å²) in [6.07, 6.45) is 9.41. The van der Waals surface area contributed by atoms with Crippen molar-refractivity contribution in [3.05, 3.63) is 0 Å². The molecule has 1 spiro atoms. The molecule has 20 heavy (non-hydrogen) atoms. The number of morpholine rings is 1. The van der Waals surface area contributed by atoms with E-state index in [2.05, 4.69) is 10.2 Å². The molecule has 1 atom stereocenters. The zero-order valence-corrected chi connectivity index (χ0v) is 13.1. The van der Waals surface area contributed by atoms with Crippen molar-refractivity contribution < 1.29 is 9.53 Å². The highest BCUT2D eigenvalue weighted by atomic mass is 35.5. The van der Waals surface area contributed by atoms with Crippen LogP contribution in [-0.4, -0.2) is 49.7 Å². The lowest BCUT2D eigenvalue weighted by atomic mass is 9.68. The number of nitrogens with zero attached hydrogens (tertiary/aromatic N) is 1. The molecule has 3 fully saturated rings. The maximum atomic E-state index is 12.4. The van der Waals surface area contributed by atoms with Crippen LogP contribution < -0.4 is 5.32 Å². The lowest BCUT2D eigenvalue weighted by Gasteiger charge is -2.45. The lowest BCUT2D eigenvalue weighted by molar-refractivity contribution is -0.139. The summed E-state index contributed by atoms with van der Waals surface area (Å²) < 4.78 is 5.39. The normalized spacial score (nSPS) is 29.8. The van der Waals surface area contributed by atoms with Gasteiger partial charge in [-0.05, 0) is 31.1 Å². The Bertz CT molecular complexity index is 316. The fraction of sp³-hybridized carbons (Fsp3) is 0.933. The molecule has 5 heteroatoms. The third-order valence-electron chi connectivity index (χ3n) is 5.27. The number of piperidine rings is 1. The molecule has 1 aliphatic carbocycles. The van der Waals surface area contributed by atoms with Crippen molar-refractivity contribution in [2.75, 3.05) is 32.8 Å². The number of hydrogen-bond donors (Lipinski definition) is 1. The molecule has 0 bridgehead atoms. The zero-order valence-electron chi connectivity index (χ0n) is 12.2. The number of rotatable bonds is 1. The Morgan fingerprint density at radius 2 is 1.80 bits per heavy atom. The van der Waals surface area contributed by atoms with Gasteiger partial charge in [0.2, 0.25) is 5.91 Å². The summed E-state index contributed by atoms with van der Waals surface area (Å²) in [6.45, 7) is 3.98. The molecular weight excluding hydrogens is 276 g/mol. The van der Waals surface area contributed by atoms with Gasteiger partial charge in [-0.2, -0.15) is 0 Å². The highest BCUT2D eigenvalue weighted by Gasteiger charge is 2.38. The molecule has 1 saturated carbocycles. The fourth-order valence-electron chi connectivity index (χ4n) is 3.95. The third kappa shape index (κ3) is 3.46. The minimum Gasteiger partial charge on any atom is -0.378 e. The van der Waals surface area contributed by atoms with Crippen molar-refractivity contribution in [2.24, 2.45) is 5.41 Å². The van der Waals surface area contributed by atoms with Gasteiger partial charge in [-0.3, -0.25) is 4.79 Å². The van der Waals surface area contributed by atoms with Gasteiger partial charge in [-0.15, -0.1) is 12.4 Å². The minimum atomic E-state index is -0.103. The number of carbonyl (C=O) groups excluding carboxylic acids is 1. The van der Waals surface area contributed by atoms with Crippen molar-refractivity contribution in [3.8, 4) is 0 Å². The van der Waals surface area contributed by atoms with Crippen LogP contribution in [0.15, 0.2) is 0 Å². The van der Waals surface area contributed by atoms with Gasteiger partial charge >= 0.3 is 0 Å². The van der Waals surface area contributed by atoms with E-state index in [1.165, 1.54) is 44.9 Å². The predicted molar refractivity (Wildman–Crippen MR) is 81.2 cm³/mol. The minimum absolute atomic E-state index is 0. The Kier molecular flexibility index (Phi) is 5.70. The highest BCUT2D eigenvalue weighted by Crippen LogP contribution is 2.44. The second-order valence-electron chi connectivity index (χ2n) is 6.47. The molecule has 2 heterocycles. The molecule has 1 unspecified atom stereocenters. The van der Waals surface area contributed by atoms with Gasteiger partial charge in [-0.25, -0.2) is 0 Å². The molecule has 3 rings (SSSR count). The van der Waals surface area contributed by atoms with E-state index in [-0.39, 0.29) is 24.4 Å². The van der Waals surface area contributed by atoms with Crippen LogP contribution in [0.25, 0.3) is 0 Å². The van der Waals surface area contributed by atoms with E-state index in [0.717, 1.165) is 26.2 Å². The van der Waals surface area contributed by atoms with Gasteiger partial charge in [0, 0.05) is 19.6 Å². The summed E-state index contributed by atoms with van der Waals surface area (Å²) >= 11 is 0. The summed E-state index contributed by atoms with van der Waals surface area (Å²) in [6, 6.07) is -0.103. The Balaban J connectivity index is 0.00000147. The van der Waals surface area contributed by atoms with E-state index in [4.69, 9.17) is 4.74 Å². The third-order valence-corrected chi connectivity index (χ3v) is 5.27. The molecule has 3 aliphatic rings. The van der Waals surface area contributed by atoms with Crippen LogP contribution in [0, 0.1) is 5.41 Å². The second kappa shape index (κ2) is 7.10. The maximum absolute atomic E-state index is 12.4. The second-order valence-corrected chi connectivity index (χ2v) is 6.47. The summed E-state index contributed by atoms with van der Waals surface area (Å²) in [4.78, 5) is 14.5. The van der Waals surface area contributed by atoms with Crippen LogP contribution in [0.1, 0.15) is 44.9 Å². The molecule has 0 radical (unpaired) electrons. The Labute approximate surface area is 128 Å². The van der Waals surface area contributed by atoms with Crippen molar-refractivity contribution in [2.45, 2.75) is 51.0 Å². The Morgan fingerprint density at radius 3 is 2.40 bits per heavy atom. The van der Waals surface area contributed by atoms with Crippen molar-refractivity contribution in [1.82, 2.24) is 10.2 Å². The van der Waals surface area contributed by atoms with Gasteiger partial charge in [0.25, 0.3) is 0 Å². The van der Waals surface area contributed by atoms with Crippen LogP contribution >= 0.6 is 12.4 Å². The molecule has 2 saturated heterocycles. The number of hydrogen-bond acceptors (Lipinski definition) is 3. The number of nitrogens with one attached hydrogen (secondary N) is 1. The molecule has 1 N–H and O–H groups in total. The molecule has 2 aliphatic heterocycles. The topological polar surface area (TPSA) is 41.6 Å². The molecular formula is C15H27ClN2O2. The molecule has 0 aromatic rings. The molecule has 0 aromatic carbocycles. The molecule has 4 nitrogen and oxygen atoms in total. The average Bonchev–Trinajstić information content (AvgIpc) is 2.49. The van der Waals surface area contributed by atoms with E-state index in [1.54, 1.807) is 0 Å². The molecule has 0 aromatic heterocycles. The Hall–Kier alpha value is -0.320. The highest BCUT2D eigenvalue weighted by molar-refractivity contribution is 5.85. The predicted octanol–water partition coefficient (Wildman–Crippen LogP) is 1.97. The number of halogens is 1. The van der Waals surface area contributed by atoms with Gasteiger partial charge < -0.3 is 15.0 Å². The smallest absolute Gasteiger partial charge is 0.242 e. The lowest BCUT2D eigenvalue weighted by Crippen LogP contribution is -2.55. The van der Waals surface area contributed by atoms with Crippen LogP contribution in [-0.2, 0) is 9.53 Å². The summed E-state index contributed by atoms with van der Waals surface area (Å²) in [7, 11) is 0. The quantitative estimate of drug-likeness (QED) is 0.805. The number of likely N-dealkylation sites (tertiary alicyclic amines) is 1. The van der Waals surface area contributed by atoms with Gasteiger partial charge in [0.05, 0.1) is 13.2 Å². The largest absolute Gasteiger partial charge is 0.378 e. The maximum Gasteiger partial charge on any atom is 0.242 e. The van der Waals surface area contributed by atoms with Crippen molar-refractivity contribution in [1.29, 1.82) is 0 Å².